The van der Waals surface area contributed by atoms with Crippen LogP contribution < -0.4 is 0 Å². The molecule has 5 heterocycles. The molecule has 7 aromatic rings. The number of nitrogens with zero attached hydrogens (tertiary/aromatic N) is 6. The molecule has 0 saturated carbocycles. The molecular weight excluding hydrogens is 865 g/mol. The van der Waals surface area contributed by atoms with Gasteiger partial charge < -0.3 is 9.97 Å². The first kappa shape index (κ1) is 42.2. The van der Waals surface area contributed by atoms with Gasteiger partial charge in [-0.15, -0.1) is 0 Å². The molecule has 2 aliphatic heterocycles. The molecule has 12 heteroatoms. The number of aromatic amines is 2. The van der Waals surface area contributed by atoms with Crippen LogP contribution in [-0.4, -0.2) is 19.9 Å². The lowest BCUT2D eigenvalue weighted by molar-refractivity contribution is 1.27. The molecule has 9 rings (SSSR count). The molecule has 306 valence electrons. The number of hydrogen-bond donors (Lipinski definition) is 2. The maximum absolute atomic E-state index is 9.41. The fourth-order valence-corrected chi connectivity index (χ4v) is 9.79. The van der Waals surface area contributed by atoms with Gasteiger partial charge in [0.05, 0.1) is 22.8 Å². The van der Waals surface area contributed by atoms with Crippen molar-refractivity contribution in [3.8, 4) is 66.1 Å². The second-order valence-electron chi connectivity index (χ2n) is 14.8. The van der Waals surface area contributed by atoms with Gasteiger partial charge in [-0.25, -0.2) is 9.97 Å². The van der Waals surface area contributed by atoms with E-state index >= 15 is 0 Å². The second-order valence-corrected chi connectivity index (χ2v) is 17.9. The summed E-state index contributed by atoms with van der Waals surface area (Å²) >= 11 is 4.82. The van der Waals surface area contributed by atoms with E-state index in [4.69, 9.17) is 9.97 Å². The van der Waals surface area contributed by atoms with Gasteiger partial charge in [0.1, 0.15) is 21.6 Å². The fourth-order valence-electron chi connectivity index (χ4n) is 8.15. The Kier molecular flexibility index (Phi) is 12.8. The zero-order chi connectivity index (χ0) is 43.8. The summed E-state index contributed by atoms with van der Waals surface area (Å²) in [5.41, 5.74) is 18.0. The van der Waals surface area contributed by atoms with Crippen LogP contribution in [0.15, 0.2) is 121 Å². The van der Waals surface area contributed by atoms with E-state index in [9.17, 15) is 21.0 Å². The summed E-state index contributed by atoms with van der Waals surface area (Å²) in [6, 6.07) is 41.5. The Hall–Kier alpha value is -7.16. The first-order chi connectivity index (χ1) is 31.5. The van der Waals surface area contributed by atoms with Crippen LogP contribution in [0.4, 0.5) is 0 Å². The molecule has 0 saturated heterocycles. The third kappa shape index (κ3) is 9.01. The normalized spacial score (nSPS) is 11.4. The van der Waals surface area contributed by atoms with Crippen LogP contribution in [0.25, 0.3) is 90.9 Å². The van der Waals surface area contributed by atoms with E-state index in [1.54, 1.807) is 0 Å². The van der Waals surface area contributed by atoms with Gasteiger partial charge in [0.2, 0.25) is 0 Å². The van der Waals surface area contributed by atoms with Crippen molar-refractivity contribution in [1.82, 2.24) is 19.9 Å². The summed E-state index contributed by atoms with van der Waals surface area (Å²) in [5.74, 6) is 2.19. The minimum atomic E-state index is 0.542. The first-order valence-corrected chi connectivity index (χ1v) is 24.0. The molecule has 8 bridgehead atoms. The van der Waals surface area contributed by atoms with Crippen molar-refractivity contribution in [2.24, 2.45) is 0 Å². The molecule has 0 aliphatic carbocycles. The van der Waals surface area contributed by atoms with E-state index in [1.165, 1.54) is 47.0 Å². The number of aromatic nitrogens is 4. The van der Waals surface area contributed by atoms with Crippen LogP contribution in [-0.2, 0) is 23.0 Å². The lowest BCUT2D eigenvalue weighted by atomic mass is 10.0. The molecule has 0 amide bonds. The predicted octanol–water partition coefficient (Wildman–Crippen LogP) is 14.2. The monoisotopic (exact) mass is 898 g/mol. The van der Waals surface area contributed by atoms with Crippen LogP contribution in [0.3, 0.4) is 0 Å². The Morgan fingerprint density at radius 2 is 0.641 bits per heavy atom. The highest BCUT2D eigenvalue weighted by Crippen LogP contribution is 2.39. The average molecular weight is 899 g/mol. The quantitative estimate of drug-likeness (QED) is 0.113. The minimum Gasteiger partial charge on any atom is -0.354 e. The lowest BCUT2D eigenvalue weighted by Gasteiger charge is -2.09. The molecule has 2 N–H and O–H groups in total. The summed E-state index contributed by atoms with van der Waals surface area (Å²) in [6.45, 7) is 0. The SMILES string of the molecule is N#CSCc1cccc(-c2c3nc(c(-c4cccc(CSC#N)c4)c4ccc([nH]4)c(-c4cccc(CSC#N)c4)c4ccc([nH]4)c(-c4cccc(CSC#N)c4)c4nc2C=C4)C=C3)c1. The molecule has 0 unspecified atom stereocenters. The number of thioether (sulfide) groups is 4. The van der Waals surface area contributed by atoms with E-state index in [0.29, 0.717) is 23.0 Å². The van der Waals surface area contributed by atoms with E-state index in [1.807, 2.05) is 60.7 Å². The lowest BCUT2D eigenvalue weighted by Crippen LogP contribution is -1.92. The van der Waals surface area contributed by atoms with Gasteiger partial charge in [-0.1, -0.05) is 97.1 Å². The second kappa shape index (κ2) is 19.5. The summed E-state index contributed by atoms with van der Waals surface area (Å²) in [7, 11) is 0. The van der Waals surface area contributed by atoms with Crippen molar-refractivity contribution in [3.63, 3.8) is 0 Å². The van der Waals surface area contributed by atoms with Crippen molar-refractivity contribution in [2.75, 3.05) is 0 Å². The van der Waals surface area contributed by atoms with Crippen molar-refractivity contribution >= 4 is 93.4 Å². The maximum Gasteiger partial charge on any atom is 0.133 e. The number of thiocyanates is 4. The van der Waals surface area contributed by atoms with Crippen LogP contribution >= 0.6 is 47.0 Å². The van der Waals surface area contributed by atoms with E-state index in [2.05, 4.69) is 117 Å². The number of nitriles is 4. The Morgan fingerprint density at radius 1 is 0.359 bits per heavy atom. The molecule has 0 atom stereocenters. The van der Waals surface area contributed by atoms with Crippen molar-refractivity contribution < 1.29 is 0 Å². The van der Waals surface area contributed by atoms with Gasteiger partial charge in [-0.3, -0.25) is 0 Å². The third-order valence-corrected chi connectivity index (χ3v) is 13.3. The summed E-state index contributed by atoms with van der Waals surface area (Å²) in [4.78, 5) is 18.5. The number of benzene rings is 4. The van der Waals surface area contributed by atoms with Crippen LogP contribution in [0, 0.1) is 42.7 Å². The number of nitrogens with one attached hydrogen (secondary N) is 2. The molecule has 2 aliphatic rings. The zero-order valence-electron chi connectivity index (χ0n) is 34.0. The Labute approximate surface area is 387 Å². The van der Waals surface area contributed by atoms with Crippen LogP contribution in [0.1, 0.15) is 45.0 Å². The van der Waals surface area contributed by atoms with Gasteiger partial charge in [-0.05, 0) is 140 Å². The highest BCUT2D eigenvalue weighted by atomic mass is 32.2. The molecule has 8 nitrogen and oxygen atoms in total. The van der Waals surface area contributed by atoms with Crippen molar-refractivity contribution in [1.29, 1.82) is 21.0 Å². The standard InChI is InChI=1S/C52H34N8S4/c53-29-61-25-33-5-1-9-37(21-33)49-41-13-15-43(57-41)50(38-10-2-6-34(22-38)26-62-30-54)45-17-19-47(59-45)52(40-12-4-8-36(24-40)28-64-32-56)48-20-18-46(60-48)51(44-16-14-42(49)58-44)39-11-3-7-35(23-39)27-63-31-55/h1-24,57-58H,25-28H2. The smallest absolute Gasteiger partial charge is 0.133 e. The van der Waals surface area contributed by atoms with Crippen LogP contribution in [0.5, 0.6) is 0 Å². The zero-order valence-corrected chi connectivity index (χ0v) is 37.3. The third-order valence-electron chi connectivity index (χ3n) is 10.8. The van der Waals surface area contributed by atoms with Crippen molar-refractivity contribution in [2.45, 2.75) is 23.0 Å². The summed E-state index contributed by atoms with van der Waals surface area (Å²) in [6.07, 6.45) is 8.21. The Balaban J connectivity index is 1.42. The van der Waals surface area contributed by atoms with E-state index < -0.39 is 0 Å². The highest BCUT2D eigenvalue weighted by Gasteiger charge is 2.20. The molecule has 3 aromatic heterocycles. The maximum atomic E-state index is 9.41. The molecule has 64 heavy (non-hydrogen) atoms. The van der Waals surface area contributed by atoms with Gasteiger partial charge in [0.15, 0.2) is 0 Å². The highest BCUT2D eigenvalue weighted by molar-refractivity contribution is 8.03. The molecular formula is C52H34N8S4. The topological polar surface area (TPSA) is 153 Å². The number of hydrogen-bond acceptors (Lipinski definition) is 10. The minimum absolute atomic E-state index is 0.542. The predicted molar refractivity (Wildman–Crippen MR) is 268 cm³/mol. The number of H-pyrrole nitrogens is 2. The Bertz CT molecular complexity index is 3210. The molecule has 0 fully saturated rings. The molecule has 4 aromatic carbocycles. The van der Waals surface area contributed by atoms with Gasteiger partial charge in [-0.2, -0.15) is 21.0 Å². The van der Waals surface area contributed by atoms with Gasteiger partial charge >= 0.3 is 0 Å². The fraction of sp³-hybridized carbons (Fsp3) is 0.0769. The molecule has 0 radical (unpaired) electrons. The number of fused-ring (bicyclic) bond motifs is 8. The molecule has 0 spiro atoms. The van der Waals surface area contributed by atoms with Gasteiger partial charge in [0, 0.05) is 67.3 Å². The summed E-state index contributed by atoms with van der Waals surface area (Å²) in [5, 5.41) is 46.5. The van der Waals surface area contributed by atoms with E-state index in [-0.39, 0.29) is 0 Å². The average Bonchev–Trinajstić information content (AvgIpc) is 4.18. The largest absolute Gasteiger partial charge is 0.354 e. The van der Waals surface area contributed by atoms with E-state index in [0.717, 1.165) is 112 Å². The number of rotatable bonds is 12. The Morgan fingerprint density at radius 3 is 0.969 bits per heavy atom. The van der Waals surface area contributed by atoms with Gasteiger partial charge in [0.25, 0.3) is 0 Å². The van der Waals surface area contributed by atoms with Crippen LogP contribution in [0.2, 0.25) is 0 Å². The van der Waals surface area contributed by atoms with Crippen molar-refractivity contribution in [3.05, 3.63) is 166 Å². The first-order valence-electron chi connectivity index (χ1n) is 20.1. The summed E-state index contributed by atoms with van der Waals surface area (Å²) < 4.78 is 0.